The second kappa shape index (κ2) is 6.34. The molecule has 2 aromatic carbocycles. The fourth-order valence-electron chi connectivity index (χ4n) is 3.55. The molecule has 2 aliphatic rings. The first-order valence-electron chi connectivity index (χ1n) is 9.18. The third kappa shape index (κ3) is 3.48. The molecule has 136 valence electrons. The number of amides is 1. The van der Waals surface area contributed by atoms with Crippen molar-refractivity contribution in [3.63, 3.8) is 0 Å². The molecule has 1 spiro atoms. The molecule has 3 nitrogen and oxygen atoms in total. The third-order valence-electron chi connectivity index (χ3n) is 5.01. The highest BCUT2D eigenvalue weighted by Crippen LogP contribution is 2.57. The molecule has 1 amide bonds. The quantitative estimate of drug-likeness (QED) is 0.645. The number of thioether (sulfide) groups is 1. The van der Waals surface area contributed by atoms with Crippen molar-refractivity contribution < 1.29 is 9.53 Å². The summed E-state index contributed by atoms with van der Waals surface area (Å²) in [6.07, 6.45) is 2.10. The Balaban J connectivity index is 1.56. The summed E-state index contributed by atoms with van der Waals surface area (Å²) >= 11 is 1.81. The van der Waals surface area contributed by atoms with Gasteiger partial charge in [-0.3, -0.25) is 4.90 Å². The van der Waals surface area contributed by atoms with Crippen LogP contribution in [0.1, 0.15) is 44.7 Å². The van der Waals surface area contributed by atoms with Crippen LogP contribution >= 0.6 is 11.8 Å². The Kier molecular flexibility index (Phi) is 4.26. The second-order valence-corrected chi connectivity index (χ2v) is 9.35. The highest BCUT2D eigenvalue weighted by molar-refractivity contribution is 7.98. The first-order chi connectivity index (χ1) is 12.4. The molecule has 1 aliphatic carbocycles. The van der Waals surface area contributed by atoms with Crippen LogP contribution in [0.5, 0.6) is 0 Å². The van der Waals surface area contributed by atoms with E-state index in [1.165, 1.54) is 16.0 Å². The van der Waals surface area contributed by atoms with Crippen molar-refractivity contribution in [1.82, 2.24) is 0 Å². The fourth-order valence-corrected chi connectivity index (χ4v) is 4.43. The van der Waals surface area contributed by atoms with E-state index in [-0.39, 0.29) is 11.5 Å². The maximum Gasteiger partial charge on any atom is 0.414 e. The Morgan fingerprint density at radius 1 is 1.15 bits per heavy atom. The molecule has 0 radical (unpaired) electrons. The summed E-state index contributed by atoms with van der Waals surface area (Å²) in [6.45, 7) is 6.51. The van der Waals surface area contributed by atoms with Gasteiger partial charge in [0.05, 0.1) is 5.69 Å². The molecule has 0 aromatic heterocycles. The zero-order chi connectivity index (χ0) is 18.4. The standard InChI is InChI=1S/C22H25NO2S/c1-21(2,3)25-20(24)23-15-22(11-12-22)18-10-9-17(13-19(18)23)26-14-16-7-5-4-6-8-16/h4-10,13H,11-12,14-15H2,1-3H3. The van der Waals surface area contributed by atoms with E-state index in [0.717, 1.165) is 30.8 Å². The molecule has 0 N–H and O–H groups in total. The van der Waals surface area contributed by atoms with E-state index in [4.69, 9.17) is 4.74 Å². The molecule has 1 fully saturated rings. The van der Waals surface area contributed by atoms with Crippen molar-refractivity contribution in [1.29, 1.82) is 0 Å². The van der Waals surface area contributed by atoms with Crippen LogP contribution in [0.4, 0.5) is 10.5 Å². The number of rotatable bonds is 3. The van der Waals surface area contributed by atoms with E-state index >= 15 is 0 Å². The van der Waals surface area contributed by atoms with Gasteiger partial charge in [0.1, 0.15) is 5.60 Å². The monoisotopic (exact) mass is 367 g/mol. The molecule has 1 aliphatic heterocycles. The fraction of sp³-hybridized carbons (Fsp3) is 0.409. The maximum absolute atomic E-state index is 12.7. The zero-order valence-electron chi connectivity index (χ0n) is 15.6. The van der Waals surface area contributed by atoms with Crippen molar-refractivity contribution in [2.24, 2.45) is 0 Å². The van der Waals surface area contributed by atoms with E-state index < -0.39 is 5.60 Å². The predicted octanol–water partition coefficient (Wildman–Crippen LogP) is 5.77. The predicted molar refractivity (Wildman–Crippen MR) is 107 cm³/mol. The summed E-state index contributed by atoms with van der Waals surface area (Å²) in [5, 5.41) is 0. The molecule has 0 unspecified atom stereocenters. The Hall–Kier alpha value is -1.94. The number of benzene rings is 2. The number of hydrogen-bond donors (Lipinski definition) is 0. The summed E-state index contributed by atoms with van der Waals surface area (Å²) in [4.78, 5) is 15.8. The Morgan fingerprint density at radius 3 is 2.54 bits per heavy atom. The average molecular weight is 368 g/mol. The SMILES string of the molecule is CC(C)(C)OC(=O)N1CC2(CC2)c2ccc(SCc3ccccc3)cc21. The molecule has 1 heterocycles. The minimum atomic E-state index is -0.476. The molecule has 0 atom stereocenters. The lowest BCUT2D eigenvalue weighted by molar-refractivity contribution is 0.0581. The van der Waals surface area contributed by atoms with Crippen molar-refractivity contribution in [3.05, 3.63) is 59.7 Å². The van der Waals surface area contributed by atoms with Gasteiger partial charge in [0, 0.05) is 22.6 Å². The Morgan fingerprint density at radius 2 is 1.88 bits per heavy atom. The van der Waals surface area contributed by atoms with E-state index in [1.54, 1.807) is 0 Å². The minimum absolute atomic E-state index is 0.175. The van der Waals surface area contributed by atoms with Gasteiger partial charge in [-0.1, -0.05) is 36.4 Å². The molecule has 26 heavy (non-hydrogen) atoms. The summed E-state index contributed by atoms with van der Waals surface area (Å²) in [6, 6.07) is 17.1. The normalized spacial score (nSPS) is 17.3. The third-order valence-corrected chi connectivity index (χ3v) is 6.07. The van der Waals surface area contributed by atoms with Gasteiger partial charge in [0.25, 0.3) is 0 Å². The Labute approximate surface area is 159 Å². The first-order valence-corrected chi connectivity index (χ1v) is 10.2. The van der Waals surface area contributed by atoms with Gasteiger partial charge in [-0.25, -0.2) is 4.79 Å². The molecule has 4 rings (SSSR count). The number of fused-ring (bicyclic) bond motifs is 2. The van der Waals surface area contributed by atoms with Crippen molar-refractivity contribution in [2.45, 2.75) is 55.3 Å². The van der Waals surface area contributed by atoms with Gasteiger partial charge >= 0.3 is 6.09 Å². The van der Waals surface area contributed by atoms with Crippen LogP contribution in [-0.4, -0.2) is 18.2 Å². The first kappa shape index (κ1) is 17.5. The highest BCUT2D eigenvalue weighted by Gasteiger charge is 2.53. The van der Waals surface area contributed by atoms with Gasteiger partial charge in [0.15, 0.2) is 0 Å². The molecule has 0 saturated heterocycles. The summed E-state index contributed by atoms with van der Waals surface area (Å²) in [7, 11) is 0. The van der Waals surface area contributed by atoms with Crippen molar-refractivity contribution >= 4 is 23.5 Å². The molecule has 2 aromatic rings. The zero-order valence-corrected chi connectivity index (χ0v) is 16.4. The second-order valence-electron chi connectivity index (χ2n) is 8.30. The van der Waals surface area contributed by atoms with Crippen LogP contribution in [0.2, 0.25) is 0 Å². The summed E-state index contributed by atoms with van der Waals surface area (Å²) in [5.74, 6) is 0.928. The topological polar surface area (TPSA) is 29.5 Å². The van der Waals surface area contributed by atoms with E-state index in [9.17, 15) is 4.79 Å². The molecule has 4 heteroatoms. The number of carbonyl (C=O) groups is 1. The lowest BCUT2D eigenvalue weighted by Gasteiger charge is -2.25. The number of ether oxygens (including phenoxy) is 1. The van der Waals surface area contributed by atoms with E-state index in [0.29, 0.717) is 0 Å². The number of nitrogens with zero attached hydrogens (tertiary/aromatic N) is 1. The maximum atomic E-state index is 12.7. The van der Waals surface area contributed by atoms with E-state index in [2.05, 4.69) is 42.5 Å². The molecular weight excluding hydrogens is 342 g/mol. The summed E-state index contributed by atoms with van der Waals surface area (Å²) in [5.41, 5.74) is 3.35. The van der Waals surface area contributed by atoms with Crippen LogP contribution in [0.25, 0.3) is 0 Å². The van der Waals surface area contributed by atoms with Crippen LogP contribution in [0.3, 0.4) is 0 Å². The van der Waals surface area contributed by atoms with Crippen molar-refractivity contribution in [2.75, 3.05) is 11.4 Å². The van der Waals surface area contributed by atoms with Gasteiger partial charge in [-0.2, -0.15) is 0 Å². The van der Waals surface area contributed by atoms with Gasteiger partial charge in [0.2, 0.25) is 0 Å². The Bertz CT molecular complexity index is 822. The van der Waals surface area contributed by atoms with Gasteiger partial charge in [-0.05, 0) is 56.9 Å². The highest BCUT2D eigenvalue weighted by atomic mass is 32.2. The van der Waals surface area contributed by atoms with Crippen LogP contribution < -0.4 is 4.90 Å². The number of carbonyl (C=O) groups excluding carboxylic acids is 1. The van der Waals surface area contributed by atoms with Crippen LogP contribution in [-0.2, 0) is 15.9 Å². The van der Waals surface area contributed by atoms with Gasteiger partial charge in [-0.15, -0.1) is 11.8 Å². The minimum Gasteiger partial charge on any atom is -0.443 e. The van der Waals surface area contributed by atoms with Crippen molar-refractivity contribution in [3.8, 4) is 0 Å². The van der Waals surface area contributed by atoms with Crippen LogP contribution in [0, 0.1) is 0 Å². The van der Waals surface area contributed by atoms with Crippen LogP contribution in [0.15, 0.2) is 53.4 Å². The smallest absolute Gasteiger partial charge is 0.414 e. The number of hydrogen-bond acceptors (Lipinski definition) is 3. The lowest BCUT2D eigenvalue weighted by Crippen LogP contribution is -2.37. The molecular formula is C22H25NO2S. The van der Waals surface area contributed by atoms with E-state index in [1.807, 2.05) is 43.5 Å². The summed E-state index contributed by atoms with van der Waals surface area (Å²) < 4.78 is 5.65. The van der Waals surface area contributed by atoms with Gasteiger partial charge < -0.3 is 4.74 Å². The largest absolute Gasteiger partial charge is 0.443 e. The molecule has 1 saturated carbocycles. The number of anilines is 1. The molecule has 0 bridgehead atoms. The average Bonchev–Trinajstić information content (AvgIpc) is 3.30. The lowest BCUT2D eigenvalue weighted by atomic mass is 9.99.